The number of anilines is 1. The maximum atomic E-state index is 11.9. The van der Waals surface area contributed by atoms with Gasteiger partial charge >= 0.3 is 0 Å². The molecule has 1 saturated heterocycles. The van der Waals surface area contributed by atoms with E-state index >= 15 is 0 Å². The van der Waals surface area contributed by atoms with E-state index in [1.54, 1.807) is 0 Å². The summed E-state index contributed by atoms with van der Waals surface area (Å²) in [5.74, 6) is -0.344. The van der Waals surface area contributed by atoms with E-state index in [1.807, 2.05) is 0 Å². The van der Waals surface area contributed by atoms with Gasteiger partial charge in [0.1, 0.15) is 18.3 Å². The zero-order valence-electron chi connectivity index (χ0n) is 13.4. The lowest BCUT2D eigenvalue weighted by molar-refractivity contribution is -0.356. The molecular formula is C10H11N5O11P2-4. The van der Waals surface area contributed by atoms with Crippen LogP contribution in [0.25, 0.3) is 11.2 Å². The van der Waals surface area contributed by atoms with Crippen LogP contribution in [0.3, 0.4) is 0 Å². The topological polar surface area (TPSA) is 264 Å². The van der Waals surface area contributed by atoms with Crippen molar-refractivity contribution in [2.75, 3.05) is 12.3 Å². The molecule has 1 aliphatic rings. The molecule has 0 radical (unpaired) electrons. The number of fused-ring (bicyclic) bond motifs is 1. The molecule has 0 aliphatic carbocycles. The molecule has 2 aromatic rings. The third-order valence-corrected chi connectivity index (χ3v) is 4.70. The minimum absolute atomic E-state index is 0.240. The molecule has 18 heteroatoms. The number of hydrogen-bond donors (Lipinski definition) is 3. The number of phosphoric acid groups is 2. The molecule has 4 unspecified atom stereocenters. The van der Waals surface area contributed by atoms with Gasteiger partial charge in [0.15, 0.2) is 17.4 Å². The SMILES string of the molecule is Nc1nc2c(ncn2C2OC(CO)C(OP(=O)([O-])[O-])C2OP(=O)([O-])[O-])c(=O)[nH]1. The Bertz CT molecular complexity index is 1030. The summed E-state index contributed by atoms with van der Waals surface area (Å²) >= 11 is 0. The second kappa shape index (κ2) is 7.27. The molecule has 0 saturated carbocycles. The molecule has 1 fully saturated rings. The number of phosphoric ester groups is 2. The lowest BCUT2D eigenvalue weighted by Gasteiger charge is -2.39. The van der Waals surface area contributed by atoms with Crippen molar-refractivity contribution >= 4 is 32.8 Å². The molecule has 16 nitrogen and oxygen atoms in total. The van der Waals surface area contributed by atoms with Crippen molar-refractivity contribution in [2.45, 2.75) is 24.5 Å². The van der Waals surface area contributed by atoms with Gasteiger partial charge in [-0.3, -0.25) is 14.3 Å². The fourth-order valence-electron chi connectivity index (χ4n) is 2.75. The van der Waals surface area contributed by atoms with Gasteiger partial charge in [0, 0.05) is 0 Å². The number of nitrogens with zero attached hydrogens (tertiary/aromatic N) is 3. The number of imidazole rings is 1. The monoisotopic (exact) mass is 439 g/mol. The number of hydrogen-bond acceptors (Lipinski definition) is 14. The predicted octanol–water partition coefficient (Wildman–Crippen LogP) is -4.98. The summed E-state index contributed by atoms with van der Waals surface area (Å²) in [6.45, 7) is -0.939. The normalized spacial score (nSPS) is 26.2. The molecule has 4 N–H and O–H groups in total. The molecule has 28 heavy (non-hydrogen) atoms. The minimum Gasteiger partial charge on any atom is -0.790 e. The Morgan fingerprint density at radius 1 is 1.25 bits per heavy atom. The molecular weight excluding hydrogens is 428 g/mol. The highest BCUT2D eigenvalue weighted by Crippen LogP contribution is 2.45. The maximum absolute atomic E-state index is 11.9. The van der Waals surface area contributed by atoms with E-state index in [0.717, 1.165) is 10.9 Å². The third kappa shape index (κ3) is 4.31. The number of nitrogens with one attached hydrogen (secondary N) is 1. The first kappa shape index (κ1) is 21.0. The summed E-state index contributed by atoms with van der Waals surface area (Å²) in [6.07, 6.45) is -6.35. The van der Waals surface area contributed by atoms with Crippen molar-refractivity contribution in [3.05, 3.63) is 16.7 Å². The first-order chi connectivity index (χ1) is 12.9. The summed E-state index contributed by atoms with van der Waals surface area (Å²) in [5.41, 5.74) is 4.19. The molecule has 0 aromatic carbocycles. The fraction of sp³-hybridized carbons (Fsp3) is 0.500. The number of nitrogen functional groups attached to an aromatic ring is 1. The van der Waals surface area contributed by atoms with Gasteiger partial charge in [-0.15, -0.1) is 0 Å². The van der Waals surface area contributed by atoms with Crippen molar-refractivity contribution < 1.29 is 47.6 Å². The van der Waals surface area contributed by atoms with E-state index in [9.17, 15) is 38.6 Å². The van der Waals surface area contributed by atoms with Gasteiger partial charge in [0.05, 0.1) is 28.6 Å². The summed E-state index contributed by atoms with van der Waals surface area (Å²) in [6, 6.07) is 0. The molecule has 0 spiro atoms. The lowest BCUT2D eigenvalue weighted by atomic mass is 10.1. The number of aromatic amines is 1. The van der Waals surface area contributed by atoms with Gasteiger partial charge in [0.25, 0.3) is 5.56 Å². The molecule has 1 aliphatic heterocycles. The first-order valence-corrected chi connectivity index (χ1v) is 10.2. The van der Waals surface area contributed by atoms with Crippen LogP contribution in [0, 0.1) is 0 Å². The fourth-order valence-corrected chi connectivity index (χ4v) is 3.82. The highest BCUT2D eigenvalue weighted by Gasteiger charge is 2.48. The molecule has 2 aromatic heterocycles. The second-order valence-electron chi connectivity index (χ2n) is 5.56. The Labute approximate surface area is 154 Å². The van der Waals surface area contributed by atoms with Crippen molar-refractivity contribution in [2.24, 2.45) is 0 Å². The third-order valence-electron chi connectivity index (χ3n) is 3.69. The van der Waals surface area contributed by atoms with Crippen LogP contribution in [0.4, 0.5) is 5.95 Å². The van der Waals surface area contributed by atoms with E-state index in [0.29, 0.717) is 0 Å². The maximum Gasteiger partial charge on any atom is 0.280 e. The van der Waals surface area contributed by atoms with Crippen LogP contribution in [0.15, 0.2) is 11.1 Å². The van der Waals surface area contributed by atoms with Crippen molar-refractivity contribution in [3.8, 4) is 0 Å². The number of H-pyrrole nitrogens is 1. The van der Waals surface area contributed by atoms with Gasteiger partial charge in [-0.1, -0.05) is 0 Å². The Kier molecular flexibility index (Phi) is 5.46. The Morgan fingerprint density at radius 2 is 1.86 bits per heavy atom. The number of nitrogens with two attached hydrogens (primary N) is 1. The van der Waals surface area contributed by atoms with Crippen LogP contribution in [0.2, 0.25) is 0 Å². The van der Waals surface area contributed by atoms with Crippen LogP contribution >= 0.6 is 15.6 Å². The van der Waals surface area contributed by atoms with Crippen molar-refractivity contribution in [3.63, 3.8) is 0 Å². The number of aromatic nitrogens is 4. The van der Waals surface area contributed by atoms with E-state index in [-0.39, 0.29) is 17.1 Å². The zero-order chi connectivity index (χ0) is 20.9. The largest absolute Gasteiger partial charge is 0.790 e. The molecule has 3 rings (SSSR count). The predicted molar refractivity (Wildman–Crippen MR) is 78.5 cm³/mol. The second-order valence-corrected chi connectivity index (χ2v) is 7.77. The molecule has 3 heterocycles. The van der Waals surface area contributed by atoms with Crippen molar-refractivity contribution in [1.29, 1.82) is 0 Å². The van der Waals surface area contributed by atoms with Crippen LogP contribution in [0.5, 0.6) is 0 Å². The summed E-state index contributed by atoms with van der Waals surface area (Å²) < 4.78 is 36.9. The van der Waals surface area contributed by atoms with Gasteiger partial charge in [-0.25, -0.2) is 4.98 Å². The van der Waals surface area contributed by atoms with Gasteiger partial charge < -0.3 is 53.3 Å². The molecule has 156 valence electrons. The summed E-state index contributed by atoms with van der Waals surface area (Å²) in [7, 11) is -11.5. The highest BCUT2D eigenvalue weighted by molar-refractivity contribution is 7.43. The van der Waals surface area contributed by atoms with Crippen LogP contribution < -0.4 is 30.9 Å². The Morgan fingerprint density at radius 3 is 2.43 bits per heavy atom. The van der Waals surface area contributed by atoms with E-state index < -0.39 is 52.4 Å². The quantitative estimate of drug-likeness (QED) is 0.356. The van der Waals surface area contributed by atoms with E-state index in [2.05, 4.69) is 24.0 Å². The van der Waals surface area contributed by atoms with Crippen molar-refractivity contribution in [1.82, 2.24) is 19.5 Å². The van der Waals surface area contributed by atoms with Crippen LogP contribution in [-0.2, 0) is 22.9 Å². The minimum atomic E-state index is -5.76. The summed E-state index contributed by atoms with van der Waals surface area (Å²) in [5, 5.41) is 9.37. The zero-order valence-corrected chi connectivity index (χ0v) is 15.2. The molecule has 0 amide bonds. The number of rotatable bonds is 6. The van der Waals surface area contributed by atoms with Crippen LogP contribution in [0.1, 0.15) is 6.23 Å². The van der Waals surface area contributed by atoms with E-state index in [4.69, 9.17) is 10.5 Å². The first-order valence-electron chi connectivity index (χ1n) is 7.29. The van der Waals surface area contributed by atoms with Gasteiger partial charge in [0.2, 0.25) is 5.95 Å². The average molecular weight is 439 g/mol. The van der Waals surface area contributed by atoms with Crippen LogP contribution in [-0.4, -0.2) is 49.5 Å². The Balaban J connectivity index is 2.11. The molecule has 4 atom stereocenters. The number of aliphatic hydroxyl groups is 1. The number of ether oxygens (including phenoxy) is 1. The Hall–Kier alpha value is -1.71. The van der Waals surface area contributed by atoms with Gasteiger partial charge in [-0.2, -0.15) is 4.98 Å². The summed E-state index contributed by atoms with van der Waals surface area (Å²) in [4.78, 5) is 65.8. The van der Waals surface area contributed by atoms with E-state index in [1.165, 1.54) is 0 Å². The number of aliphatic hydroxyl groups excluding tert-OH is 1. The smallest absolute Gasteiger partial charge is 0.280 e. The van der Waals surface area contributed by atoms with Gasteiger partial charge in [-0.05, 0) is 0 Å². The lowest BCUT2D eigenvalue weighted by Crippen LogP contribution is -2.40. The highest BCUT2D eigenvalue weighted by atomic mass is 31.2. The average Bonchev–Trinajstić information content (AvgIpc) is 3.07. The molecule has 0 bridgehead atoms. The standard InChI is InChI=1S/C10H15N5O11P2/c11-10-13-7-4(8(17)14-10)12-2-15(7)9-6(26-28(21,22)23)5(3(1-16)24-9)25-27(18,19)20/h2-3,5-6,9,16H,1H2,(H2,18,19,20)(H2,21,22,23)(H3,11,13,14,17)/p-4.